The van der Waals surface area contributed by atoms with Crippen LogP contribution in [0.25, 0.3) is 0 Å². The molecule has 0 aliphatic heterocycles. The van der Waals surface area contributed by atoms with E-state index in [9.17, 15) is 9.59 Å². The molecule has 0 saturated carbocycles. The van der Waals surface area contributed by atoms with Crippen LogP contribution in [0.2, 0.25) is 0 Å². The standard InChI is InChI=1S/C8H11N3O3/c12-5-3-9-7(13)6-11-4-1-2-10-8(11)14/h1-2,4,12H,3,5-6H2,(H,9,13). The molecule has 14 heavy (non-hydrogen) atoms. The summed E-state index contributed by atoms with van der Waals surface area (Å²) >= 11 is 0. The number of carbonyl (C=O) groups excluding carboxylic acids is 1. The Morgan fingerprint density at radius 2 is 2.43 bits per heavy atom. The summed E-state index contributed by atoms with van der Waals surface area (Å²) in [6, 6.07) is 1.57. The van der Waals surface area contributed by atoms with Crippen molar-refractivity contribution in [2.45, 2.75) is 6.54 Å². The van der Waals surface area contributed by atoms with Crippen molar-refractivity contribution >= 4 is 5.91 Å². The second kappa shape index (κ2) is 5.13. The number of aliphatic hydroxyl groups excluding tert-OH is 1. The first-order valence-corrected chi connectivity index (χ1v) is 4.13. The van der Waals surface area contributed by atoms with Crippen LogP contribution in [0.1, 0.15) is 0 Å². The molecule has 0 atom stereocenters. The number of nitrogens with one attached hydrogen (secondary N) is 1. The van der Waals surface area contributed by atoms with Crippen LogP contribution in [0.5, 0.6) is 0 Å². The van der Waals surface area contributed by atoms with Gasteiger partial charge in [0.15, 0.2) is 0 Å². The monoisotopic (exact) mass is 197 g/mol. The van der Waals surface area contributed by atoms with Crippen molar-refractivity contribution in [3.8, 4) is 0 Å². The van der Waals surface area contributed by atoms with Crippen molar-refractivity contribution in [2.24, 2.45) is 0 Å². The van der Waals surface area contributed by atoms with Crippen molar-refractivity contribution in [1.82, 2.24) is 14.9 Å². The highest BCUT2D eigenvalue weighted by Gasteiger charge is 2.02. The van der Waals surface area contributed by atoms with E-state index in [0.29, 0.717) is 0 Å². The summed E-state index contributed by atoms with van der Waals surface area (Å²) < 4.78 is 1.19. The molecule has 6 heteroatoms. The first-order valence-electron chi connectivity index (χ1n) is 4.13. The van der Waals surface area contributed by atoms with E-state index >= 15 is 0 Å². The number of aliphatic hydroxyl groups is 1. The van der Waals surface area contributed by atoms with Gasteiger partial charge in [-0.1, -0.05) is 0 Å². The van der Waals surface area contributed by atoms with Crippen LogP contribution in [-0.4, -0.2) is 33.7 Å². The second-order valence-electron chi connectivity index (χ2n) is 2.60. The SMILES string of the molecule is O=C(Cn1cccnc1=O)NCCO. The van der Waals surface area contributed by atoms with Crippen LogP contribution in [0.15, 0.2) is 23.3 Å². The molecular weight excluding hydrogens is 186 g/mol. The number of aromatic nitrogens is 2. The smallest absolute Gasteiger partial charge is 0.347 e. The van der Waals surface area contributed by atoms with Crippen LogP contribution in [0.3, 0.4) is 0 Å². The molecule has 0 unspecified atom stereocenters. The van der Waals surface area contributed by atoms with Gasteiger partial charge in [-0.05, 0) is 6.07 Å². The van der Waals surface area contributed by atoms with E-state index in [-0.39, 0.29) is 25.6 Å². The van der Waals surface area contributed by atoms with Gasteiger partial charge in [-0.25, -0.2) is 9.78 Å². The van der Waals surface area contributed by atoms with Crippen molar-refractivity contribution < 1.29 is 9.90 Å². The number of amides is 1. The average molecular weight is 197 g/mol. The van der Waals surface area contributed by atoms with E-state index in [4.69, 9.17) is 5.11 Å². The Labute approximate surface area is 80.2 Å². The van der Waals surface area contributed by atoms with E-state index in [0.717, 1.165) is 0 Å². The van der Waals surface area contributed by atoms with Crippen molar-refractivity contribution in [3.05, 3.63) is 28.9 Å². The molecule has 6 nitrogen and oxygen atoms in total. The van der Waals surface area contributed by atoms with Gasteiger partial charge >= 0.3 is 5.69 Å². The number of rotatable bonds is 4. The van der Waals surface area contributed by atoms with Gasteiger partial charge in [0.25, 0.3) is 0 Å². The Morgan fingerprint density at radius 3 is 3.07 bits per heavy atom. The van der Waals surface area contributed by atoms with Gasteiger partial charge in [0.05, 0.1) is 6.61 Å². The molecule has 2 N–H and O–H groups in total. The van der Waals surface area contributed by atoms with Gasteiger partial charge in [0.1, 0.15) is 6.54 Å². The minimum Gasteiger partial charge on any atom is -0.395 e. The van der Waals surface area contributed by atoms with Gasteiger partial charge in [-0.2, -0.15) is 0 Å². The molecule has 1 aromatic rings. The summed E-state index contributed by atoms with van der Waals surface area (Å²) in [4.78, 5) is 25.7. The zero-order valence-corrected chi connectivity index (χ0v) is 7.51. The number of hydrogen-bond donors (Lipinski definition) is 2. The predicted molar refractivity (Wildman–Crippen MR) is 48.6 cm³/mol. The third-order valence-corrected chi connectivity index (χ3v) is 1.53. The van der Waals surface area contributed by atoms with E-state index in [1.54, 1.807) is 6.07 Å². The van der Waals surface area contributed by atoms with Gasteiger partial charge in [-0.15, -0.1) is 0 Å². The molecule has 0 aromatic carbocycles. The minimum absolute atomic E-state index is 0.0767. The maximum absolute atomic E-state index is 11.1. The van der Waals surface area contributed by atoms with E-state index in [1.165, 1.54) is 17.0 Å². The molecule has 1 aromatic heterocycles. The summed E-state index contributed by atoms with van der Waals surface area (Å²) in [6.45, 7) is -0.00576. The Balaban J connectivity index is 2.56. The van der Waals surface area contributed by atoms with Crippen LogP contribution in [-0.2, 0) is 11.3 Å². The van der Waals surface area contributed by atoms with Crippen molar-refractivity contribution in [2.75, 3.05) is 13.2 Å². The van der Waals surface area contributed by atoms with Crippen LogP contribution in [0.4, 0.5) is 0 Å². The third kappa shape index (κ3) is 2.98. The number of nitrogens with zero attached hydrogens (tertiary/aromatic N) is 2. The summed E-state index contributed by atoms with van der Waals surface area (Å²) in [5.41, 5.74) is -0.466. The molecule has 1 rings (SSSR count). The highest BCUT2D eigenvalue weighted by atomic mass is 16.3. The first-order chi connectivity index (χ1) is 6.74. The lowest BCUT2D eigenvalue weighted by Gasteiger charge is -2.04. The topological polar surface area (TPSA) is 84.2 Å². The van der Waals surface area contributed by atoms with Crippen LogP contribution in [0, 0.1) is 0 Å². The van der Waals surface area contributed by atoms with E-state index < -0.39 is 5.69 Å². The lowest BCUT2D eigenvalue weighted by molar-refractivity contribution is -0.121. The van der Waals surface area contributed by atoms with E-state index in [1.807, 2.05) is 0 Å². The average Bonchev–Trinajstić information content (AvgIpc) is 2.18. The number of hydrogen-bond acceptors (Lipinski definition) is 4. The first kappa shape index (κ1) is 10.4. The van der Waals surface area contributed by atoms with Crippen LogP contribution >= 0.6 is 0 Å². The summed E-state index contributed by atoms with van der Waals surface area (Å²) in [6.07, 6.45) is 2.85. The minimum atomic E-state index is -0.466. The Kier molecular flexibility index (Phi) is 3.81. The third-order valence-electron chi connectivity index (χ3n) is 1.53. The lowest BCUT2D eigenvalue weighted by atomic mass is 10.5. The Bertz CT molecular complexity index is 361. The van der Waals surface area contributed by atoms with Crippen molar-refractivity contribution in [1.29, 1.82) is 0 Å². The van der Waals surface area contributed by atoms with Gasteiger partial charge in [0, 0.05) is 18.9 Å². The summed E-state index contributed by atoms with van der Waals surface area (Å²) in [5.74, 6) is -0.325. The predicted octanol–water partition coefficient (Wildman–Crippen LogP) is -1.65. The normalized spacial score (nSPS) is 9.79. The fourth-order valence-corrected chi connectivity index (χ4v) is 0.913. The molecule has 76 valence electrons. The zero-order chi connectivity index (χ0) is 10.4. The molecule has 0 saturated heterocycles. The zero-order valence-electron chi connectivity index (χ0n) is 7.51. The Morgan fingerprint density at radius 1 is 1.64 bits per heavy atom. The van der Waals surface area contributed by atoms with Gasteiger partial charge < -0.3 is 10.4 Å². The summed E-state index contributed by atoms with van der Waals surface area (Å²) in [5, 5.41) is 10.9. The Hall–Kier alpha value is -1.69. The number of carbonyl (C=O) groups is 1. The van der Waals surface area contributed by atoms with E-state index in [2.05, 4.69) is 10.3 Å². The highest BCUT2D eigenvalue weighted by molar-refractivity contribution is 5.75. The van der Waals surface area contributed by atoms with Crippen LogP contribution < -0.4 is 11.0 Å². The quantitative estimate of drug-likeness (QED) is 0.605. The molecule has 1 amide bonds. The van der Waals surface area contributed by atoms with Gasteiger partial charge in [-0.3, -0.25) is 9.36 Å². The fourth-order valence-electron chi connectivity index (χ4n) is 0.913. The summed E-state index contributed by atoms with van der Waals surface area (Å²) in [7, 11) is 0. The highest BCUT2D eigenvalue weighted by Crippen LogP contribution is 1.79. The molecule has 1 heterocycles. The molecular formula is C8H11N3O3. The van der Waals surface area contributed by atoms with Crippen molar-refractivity contribution in [3.63, 3.8) is 0 Å². The maximum Gasteiger partial charge on any atom is 0.347 e. The molecule has 0 fully saturated rings. The molecule has 0 spiro atoms. The lowest BCUT2D eigenvalue weighted by Crippen LogP contribution is -2.34. The molecule has 0 aliphatic rings. The molecule has 0 aliphatic carbocycles. The maximum atomic E-state index is 11.1. The largest absolute Gasteiger partial charge is 0.395 e. The molecule has 0 radical (unpaired) electrons. The van der Waals surface area contributed by atoms with Gasteiger partial charge in [0.2, 0.25) is 5.91 Å². The second-order valence-corrected chi connectivity index (χ2v) is 2.60. The fraction of sp³-hybridized carbons (Fsp3) is 0.375. The molecule has 0 bridgehead atoms.